The number of hydrogen-bond acceptors (Lipinski definition) is 3. The minimum absolute atomic E-state index is 0.354. The third kappa shape index (κ3) is 1.59. The molecule has 1 nitrogen and oxygen atoms in total. The summed E-state index contributed by atoms with van der Waals surface area (Å²) in [5.74, 6) is 1.09. The van der Waals surface area contributed by atoms with Gasteiger partial charge in [0.15, 0.2) is 0 Å². The molecule has 1 aromatic carbocycles. The minimum atomic E-state index is 0.354. The highest BCUT2D eigenvalue weighted by atomic mass is 32.2. The maximum absolute atomic E-state index is 3.44. The van der Waals surface area contributed by atoms with Gasteiger partial charge >= 0.3 is 0 Å². The third-order valence-electron chi connectivity index (χ3n) is 2.98. The molecular weight excluding hydrogens is 234 g/mol. The molecule has 0 bridgehead atoms. The van der Waals surface area contributed by atoms with Gasteiger partial charge in [-0.1, -0.05) is 24.3 Å². The Labute approximate surface area is 104 Å². The molecular formula is C13H13NS2. The second-order valence-corrected chi connectivity index (χ2v) is 6.03. The molecule has 16 heavy (non-hydrogen) atoms. The van der Waals surface area contributed by atoms with Crippen LogP contribution in [0.25, 0.3) is 0 Å². The highest BCUT2D eigenvalue weighted by molar-refractivity contribution is 8.00. The van der Waals surface area contributed by atoms with E-state index in [2.05, 4.69) is 41.0 Å². The molecule has 0 amide bonds. The van der Waals surface area contributed by atoms with Gasteiger partial charge in [0, 0.05) is 5.75 Å². The predicted molar refractivity (Wildman–Crippen MR) is 71.2 cm³/mol. The van der Waals surface area contributed by atoms with Crippen molar-refractivity contribution in [3.8, 4) is 0 Å². The highest BCUT2D eigenvalue weighted by Crippen LogP contribution is 2.41. The van der Waals surface area contributed by atoms with Crippen LogP contribution in [0.1, 0.15) is 22.7 Å². The first kappa shape index (κ1) is 10.4. The fourth-order valence-corrected chi connectivity index (χ4v) is 4.38. The Morgan fingerprint density at radius 2 is 2.06 bits per heavy atom. The van der Waals surface area contributed by atoms with Gasteiger partial charge in [-0.15, -0.1) is 23.1 Å². The molecule has 3 heteroatoms. The van der Waals surface area contributed by atoms with Crippen molar-refractivity contribution in [2.24, 2.45) is 0 Å². The molecule has 0 fully saturated rings. The summed E-state index contributed by atoms with van der Waals surface area (Å²) in [6.45, 7) is 0. The van der Waals surface area contributed by atoms with Crippen LogP contribution >= 0.6 is 23.1 Å². The van der Waals surface area contributed by atoms with E-state index in [1.807, 2.05) is 30.1 Å². The van der Waals surface area contributed by atoms with E-state index in [1.165, 1.54) is 20.9 Å². The first-order chi connectivity index (χ1) is 7.90. The molecule has 1 N–H and O–H groups in total. The fourth-order valence-electron chi connectivity index (χ4n) is 2.21. The number of thiophene rings is 1. The summed E-state index contributed by atoms with van der Waals surface area (Å²) in [4.78, 5) is 0. The lowest BCUT2D eigenvalue weighted by molar-refractivity contribution is 0.683. The molecule has 0 aliphatic carbocycles. The Morgan fingerprint density at radius 3 is 2.94 bits per heavy atom. The lowest BCUT2D eigenvalue weighted by atomic mass is 9.97. The molecule has 0 saturated carbocycles. The Balaban J connectivity index is 2.17. The SMILES string of the molecule is CN[C@@H]1c2ccccc2CSc2sccc21. The topological polar surface area (TPSA) is 12.0 Å². The summed E-state index contributed by atoms with van der Waals surface area (Å²) < 4.78 is 1.45. The van der Waals surface area contributed by atoms with E-state index in [1.54, 1.807) is 0 Å². The molecule has 1 atom stereocenters. The van der Waals surface area contributed by atoms with Crippen LogP contribution in [-0.2, 0) is 5.75 Å². The van der Waals surface area contributed by atoms with Crippen molar-refractivity contribution >= 4 is 23.1 Å². The number of benzene rings is 1. The lowest BCUT2D eigenvalue weighted by Crippen LogP contribution is -2.17. The normalized spacial score (nSPS) is 18.7. The number of rotatable bonds is 1. The van der Waals surface area contributed by atoms with Gasteiger partial charge in [0.1, 0.15) is 0 Å². The Bertz CT molecular complexity index is 504. The van der Waals surface area contributed by atoms with Crippen molar-refractivity contribution in [3.05, 3.63) is 52.4 Å². The lowest BCUT2D eigenvalue weighted by Gasteiger charge is -2.17. The van der Waals surface area contributed by atoms with Crippen LogP contribution < -0.4 is 5.32 Å². The van der Waals surface area contributed by atoms with Gasteiger partial charge in [-0.3, -0.25) is 0 Å². The van der Waals surface area contributed by atoms with E-state index in [0.29, 0.717) is 6.04 Å². The fraction of sp³-hybridized carbons (Fsp3) is 0.231. The van der Waals surface area contributed by atoms with Crippen LogP contribution in [-0.4, -0.2) is 7.05 Å². The van der Waals surface area contributed by atoms with E-state index in [0.717, 1.165) is 5.75 Å². The van der Waals surface area contributed by atoms with Crippen LogP contribution in [0.5, 0.6) is 0 Å². The summed E-state index contributed by atoms with van der Waals surface area (Å²) >= 11 is 3.81. The van der Waals surface area contributed by atoms with Crippen LogP contribution in [0.3, 0.4) is 0 Å². The molecule has 2 heterocycles. The Kier molecular flexibility index (Phi) is 2.75. The summed E-state index contributed by atoms with van der Waals surface area (Å²) in [5.41, 5.74) is 4.31. The molecule has 3 rings (SSSR count). The van der Waals surface area contributed by atoms with E-state index in [4.69, 9.17) is 0 Å². The molecule has 1 aromatic heterocycles. The van der Waals surface area contributed by atoms with Crippen LogP contribution in [0.4, 0.5) is 0 Å². The van der Waals surface area contributed by atoms with Gasteiger partial charge in [-0.05, 0) is 35.2 Å². The summed E-state index contributed by atoms with van der Waals surface area (Å²) in [5, 5.41) is 5.63. The molecule has 1 aliphatic heterocycles. The zero-order chi connectivity index (χ0) is 11.0. The standard InChI is InChI=1S/C13H13NS2/c1-14-12-10-5-3-2-4-9(10)8-16-13-11(12)6-7-15-13/h2-7,12,14H,8H2,1H3/t12-/m1/s1. The summed E-state index contributed by atoms with van der Waals surface area (Å²) in [6.07, 6.45) is 0. The average Bonchev–Trinajstić information content (AvgIpc) is 2.72. The number of fused-ring (bicyclic) bond motifs is 2. The first-order valence-electron chi connectivity index (χ1n) is 5.35. The maximum Gasteiger partial charge on any atom is 0.0653 e. The van der Waals surface area contributed by atoms with Gasteiger partial charge in [-0.25, -0.2) is 0 Å². The van der Waals surface area contributed by atoms with Crippen molar-refractivity contribution in [1.82, 2.24) is 5.32 Å². The van der Waals surface area contributed by atoms with E-state index in [-0.39, 0.29) is 0 Å². The van der Waals surface area contributed by atoms with Crippen molar-refractivity contribution in [3.63, 3.8) is 0 Å². The van der Waals surface area contributed by atoms with Gasteiger partial charge < -0.3 is 5.32 Å². The van der Waals surface area contributed by atoms with E-state index >= 15 is 0 Å². The van der Waals surface area contributed by atoms with Gasteiger partial charge in [0.05, 0.1) is 10.3 Å². The van der Waals surface area contributed by atoms with Gasteiger partial charge in [0.25, 0.3) is 0 Å². The molecule has 0 spiro atoms. The zero-order valence-electron chi connectivity index (χ0n) is 9.07. The molecule has 1 aliphatic rings. The maximum atomic E-state index is 3.44. The smallest absolute Gasteiger partial charge is 0.0653 e. The first-order valence-corrected chi connectivity index (χ1v) is 7.22. The predicted octanol–water partition coefficient (Wildman–Crippen LogP) is 3.66. The Hall–Kier alpha value is -0.770. The van der Waals surface area contributed by atoms with Crippen molar-refractivity contribution < 1.29 is 0 Å². The molecule has 82 valence electrons. The number of thioether (sulfide) groups is 1. The largest absolute Gasteiger partial charge is 0.309 e. The third-order valence-corrected chi connectivity index (χ3v) is 5.30. The van der Waals surface area contributed by atoms with Gasteiger partial charge in [0.2, 0.25) is 0 Å². The Morgan fingerprint density at radius 1 is 1.19 bits per heavy atom. The molecule has 0 radical (unpaired) electrons. The van der Waals surface area contributed by atoms with Crippen molar-refractivity contribution in [2.75, 3.05) is 7.05 Å². The van der Waals surface area contributed by atoms with Crippen molar-refractivity contribution in [2.45, 2.75) is 16.0 Å². The van der Waals surface area contributed by atoms with Crippen LogP contribution in [0.2, 0.25) is 0 Å². The summed E-state index contributed by atoms with van der Waals surface area (Å²) in [6, 6.07) is 11.3. The van der Waals surface area contributed by atoms with E-state index < -0.39 is 0 Å². The average molecular weight is 247 g/mol. The van der Waals surface area contributed by atoms with Crippen LogP contribution in [0.15, 0.2) is 39.9 Å². The molecule has 2 aromatic rings. The molecule has 0 unspecified atom stereocenters. The molecule has 0 saturated heterocycles. The number of hydrogen-bond donors (Lipinski definition) is 1. The summed E-state index contributed by atoms with van der Waals surface area (Å²) in [7, 11) is 2.04. The van der Waals surface area contributed by atoms with Crippen molar-refractivity contribution in [1.29, 1.82) is 0 Å². The second kappa shape index (κ2) is 4.24. The minimum Gasteiger partial charge on any atom is -0.309 e. The quantitative estimate of drug-likeness (QED) is 0.825. The van der Waals surface area contributed by atoms with E-state index in [9.17, 15) is 0 Å². The number of nitrogens with one attached hydrogen (secondary N) is 1. The highest BCUT2D eigenvalue weighted by Gasteiger charge is 2.22. The second-order valence-electron chi connectivity index (χ2n) is 3.87. The zero-order valence-corrected chi connectivity index (χ0v) is 10.7. The monoisotopic (exact) mass is 247 g/mol. The van der Waals surface area contributed by atoms with Crippen LogP contribution in [0, 0.1) is 0 Å². The van der Waals surface area contributed by atoms with Gasteiger partial charge in [-0.2, -0.15) is 0 Å².